The molecule has 4 rings (SSSR count). The Balaban J connectivity index is 1.88. The van der Waals surface area contributed by atoms with Crippen molar-refractivity contribution in [3.63, 3.8) is 0 Å². The standard InChI is InChI=1S/C23H21N3O4/c1-3-28-16-8-6-15(7-9-16)20-18(12-24)22(25)30-19-11-14(2)26(23(27)21(19)20)13-17-5-4-10-29-17/h4-11,20H,3,13,25H2,1-2H3/t20-/m1/s1. The van der Waals surface area contributed by atoms with Crippen LogP contribution in [0.25, 0.3) is 0 Å². The van der Waals surface area contributed by atoms with Crippen LogP contribution in [0.5, 0.6) is 11.5 Å². The Morgan fingerprint density at radius 3 is 2.67 bits per heavy atom. The van der Waals surface area contributed by atoms with E-state index in [9.17, 15) is 10.1 Å². The van der Waals surface area contributed by atoms with E-state index in [-0.39, 0.29) is 23.6 Å². The van der Waals surface area contributed by atoms with Gasteiger partial charge in [0.05, 0.1) is 30.9 Å². The zero-order valence-electron chi connectivity index (χ0n) is 16.7. The minimum Gasteiger partial charge on any atom is -0.494 e. The zero-order chi connectivity index (χ0) is 21.3. The number of benzene rings is 1. The fourth-order valence-corrected chi connectivity index (χ4v) is 3.70. The molecular weight excluding hydrogens is 382 g/mol. The molecule has 0 bridgehead atoms. The molecule has 2 aromatic heterocycles. The van der Waals surface area contributed by atoms with Gasteiger partial charge in [-0.05, 0) is 43.7 Å². The number of pyridine rings is 1. The third-order valence-electron chi connectivity index (χ3n) is 5.11. The van der Waals surface area contributed by atoms with Crippen molar-refractivity contribution in [2.24, 2.45) is 5.73 Å². The summed E-state index contributed by atoms with van der Waals surface area (Å²) in [4.78, 5) is 13.5. The van der Waals surface area contributed by atoms with Crippen molar-refractivity contribution in [2.45, 2.75) is 26.3 Å². The second-order valence-electron chi connectivity index (χ2n) is 6.96. The van der Waals surface area contributed by atoms with Crippen LogP contribution in [-0.2, 0) is 6.54 Å². The Labute approximate surface area is 173 Å². The average Bonchev–Trinajstić information content (AvgIpc) is 3.24. The van der Waals surface area contributed by atoms with Crippen LogP contribution in [0.4, 0.5) is 0 Å². The molecule has 0 amide bonds. The molecule has 152 valence electrons. The number of ether oxygens (including phenoxy) is 2. The molecule has 0 radical (unpaired) electrons. The van der Waals surface area contributed by atoms with Gasteiger partial charge in [0.25, 0.3) is 5.56 Å². The Morgan fingerprint density at radius 2 is 2.03 bits per heavy atom. The third-order valence-corrected chi connectivity index (χ3v) is 5.11. The van der Waals surface area contributed by atoms with Crippen LogP contribution in [0.1, 0.15) is 35.4 Å². The highest BCUT2D eigenvalue weighted by Crippen LogP contribution is 2.40. The lowest BCUT2D eigenvalue weighted by Gasteiger charge is -2.27. The number of allylic oxidation sites excluding steroid dienone is 1. The zero-order valence-corrected chi connectivity index (χ0v) is 16.7. The molecular formula is C23H21N3O4. The van der Waals surface area contributed by atoms with Crippen LogP contribution in [0.15, 0.2) is 69.4 Å². The van der Waals surface area contributed by atoms with E-state index < -0.39 is 5.92 Å². The summed E-state index contributed by atoms with van der Waals surface area (Å²) in [6.07, 6.45) is 1.57. The number of aromatic nitrogens is 1. The molecule has 1 aliphatic rings. The number of fused-ring (bicyclic) bond motifs is 1. The van der Waals surface area contributed by atoms with E-state index in [4.69, 9.17) is 19.6 Å². The maximum atomic E-state index is 13.5. The van der Waals surface area contributed by atoms with E-state index >= 15 is 0 Å². The lowest BCUT2D eigenvalue weighted by atomic mass is 9.84. The fraction of sp³-hybridized carbons (Fsp3) is 0.217. The quantitative estimate of drug-likeness (QED) is 0.700. The molecule has 30 heavy (non-hydrogen) atoms. The first-order valence-corrected chi connectivity index (χ1v) is 9.60. The van der Waals surface area contributed by atoms with Crippen LogP contribution < -0.4 is 20.8 Å². The van der Waals surface area contributed by atoms with Crippen molar-refractivity contribution in [3.8, 4) is 17.6 Å². The number of furan rings is 1. The summed E-state index contributed by atoms with van der Waals surface area (Å²) in [6.45, 7) is 4.55. The summed E-state index contributed by atoms with van der Waals surface area (Å²) in [6, 6.07) is 14.8. The molecule has 0 saturated heterocycles. The summed E-state index contributed by atoms with van der Waals surface area (Å²) in [5.41, 5.74) is 7.84. The first-order valence-electron chi connectivity index (χ1n) is 9.60. The molecule has 0 spiro atoms. The maximum Gasteiger partial charge on any atom is 0.259 e. The van der Waals surface area contributed by atoms with Gasteiger partial charge >= 0.3 is 0 Å². The lowest BCUT2D eigenvalue weighted by molar-refractivity contribution is 0.340. The number of nitrogens with zero attached hydrogens (tertiary/aromatic N) is 2. The van der Waals surface area contributed by atoms with Gasteiger partial charge in [-0.15, -0.1) is 0 Å². The normalized spacial score (nSPS) is 15.3. The SMILES string of the molecule is CCOc1ccc([C@@H]2C(C#N)=C(N)Oc3cc(C)n(Cc4ccco4)c(=O)c32)cc1. The number of nitriles is 1. The van der Waals surface area contributed by atoms with Gasteiger partial charge in [-0.3, -0.25) is 4.79 Å². The van der Waals surface area contributed by atoms with E-state index in [0.29, 0.717) is 35.1 Å². The van der Waals surface area contributed by atoms with E-state index in [0.717, 1.165) is 5.56 Å². The van der Waals surface area contributed by atoms with Crippen molar-refractivity contribution in [2.75, 3.05) is 6.61 Å². The summed E-state index contributed by atoms with van der Waals surface area (Å²) in [5, 5.41) is 9.76. The number of hydrogen-bond acceptors (Lipinski definition) is 6. The summed E-state index contributed by atoms with van der Waals surface area (Å²) in [7, 11) is 0. The van der Waals surface area contributed by atoms with Gasteiger partial charge in [0.2, 0.25) is 5.88 Å². The number of nitrogens with two attached hydrogens (primary N) is 1. The Hall–Kier alpha value is -3.92. The number of rotatable bonds is 5. The molecule has 1 aliphatic heterocycles. The second-order valence-corrected chi connectivity index (χ2v) is 6.96. The van der Waals surface area contributed by atoms with E-state index in [2.05, 4.69) is 6.07 Å². The molecule has 0 aliphatic carbocycles. The Morgan fingerprint density at radius 1 is 1.27 bits per heavy atom. The van der Waals surface area contributed by atoms with Crippen LogP contribution in [0, 0.1) is 18.3 Å². The average molecular weight is 403 g/mol. The molecule has 2 N–H and O–H groups in total. The molecule has 7 heteroatoms. The summed E-state index contributed by atoms with van der Waals surface area (Å²) in [5.74, 6) is 1.11. The molecule has 1 atom stereocenters. The minimum atomic E-state index is -0.634. The smallest absolute Gasteiger partial charge is 0.259 e. The lowest BCUT2D eigenvalue weighted by Crippen LogP contribution is -2.33. The molecule has 3 heterocycles. The third kappa shape index (κ3) is 3.33. The van der Waals surface area contributed by atoms with Gasteiger partial charge in [0, 0.05) is 11.8 Å². The van der Waals surface area contributed by atoms with E-state index in [1.54, 1.807) is 23.0 Å². The molecule has 1 aromatic carbocycles. The predicted molar refractivity (Wildman–Crippen MR) is 110 cm³/mol. The van der Waals surface area contributed by atoms with Crippen molar-refractivity contribution < 1.29 is 13.9 Å². The molecule has 0 unspecified atom stereocenters. The second kappa shape index (κ2) is 7.84. The van der Waals surface area contributed by atoms with E-state index in [1.165, 1.54) is 0 Å². The van der Waals surface area contributed by atoms with Crippen molar-refractivity contribution in [3.05, 3.63) is 93.1 Å². The minimum absolute atomic E-state index is 0.00599. The Bertz CT molecular complexity index is 1200. The largest absolute Gasteiger partial charge is 0.494 e. The molecule has 7 nitrogen and oxygen atoms in total. The summed E-state index contributed by atoms with van der Waals surface area (Å²) >= 11 is 0. The monoisotopic (exact) mass is 403 g/mol. The highest BCUT2D eigenvalue weighted by Gasteiger charge is 2.34. The van der Waals surface area contributed by atoms with Crippen molar-refractivity contribution in [1.29, 1.82) is 5.26 Å². The van der Waals surface area contributed by atoms with Gasteiger partial charge in [-0.2, -0.15) is 5.26 Å². The van der Waals surface area contributed by atoms with Crippen molar-refractivity contribution in [1.82, 2.24) is 4.57 Å². The van der Waals surface area contributed by atoms with Crippen molar-refractivity contribution >= 4 is 0 Å². The van der Waals surface area contributed by atoms with Gasteiger partial charge in [0.15, 0.2) is 0 Å². The molecule has 3 aromatic rings. The summed E-state index contributed by atoms with van der Waals surface area (Å²) < 4.78 is 18.2. The van der Waals surface area contributed by atoms with Crippen LogP contribution in [-0.4, -0.2) is 11.2 Å². The first kappa shape index (κ1) is 19.4. The predicted octanol–water partition coefficient (Wildman–Crippen LogP) is 3.41. The highest BCUT2D eigenvalue weighted by molar-refractivity contribution is 5.55. The first-order chi connectivity index (χ1) is 14.5. The van der Waals surface area contributed by atoms with Gasteiger partial charge < -0.3 is 24.2 Å². The van der Waals surface area contributed by atoms with Gasteiger partial charge in [0.1, 0.15) is 28.9 Å². The number of aryl methyl sites for hydroxylation is 1. The van der Waals surface area contributed by atoms with Crippen LogP contribution in [0.3, 0.4) is 0 Å². The fourth-order valence-electron chi connectivity index (χ4n) is 3.70. The van der Waals surface area contributed by atoms with Crippen LogP contribution in [0.2, 0.25) is 0 Å². The van der Waals surface area contributed by atoms with Gasteiger partial charge in [-0.25, -0.2) is 0 Å². The molecule has 0 fully saturated rings. The number of hydrogen-bond donors (Lipinski definition) is 1. The Kier molecular flexibility index (Phi) is 5.07. The van der Waals surface area contributed by atoms with Crippen LogP contribution >= 0.6 is 0 Å². The highest BCUT2D eigenvalue weighted by atomic mass is 16.5. The maximum absolute atomic E-state index is 13.5. The van der Waals surface area contributed by atoms with Gasteiger partial charge in [-0.1, -0.05) is 12.1 Å². The molecule has 0 saturated carbocycles. The van der Waals surface area contributed by atoms with E-state index in [1.807, 2.05) is 44.2 Å². The topological polar surface area (TPSA) is 103 Å².